The number of amides is 1. The number of carbonyl (C=O) groups is 2. The van der Waals surface area contributed by atoms with Gasteiger partial charge in [0, 0.05) is 37.5 Å². The van der Waals surface area contributed by atoms with E-state index in [0.717, 1.165) is 5.56 Å². The lowest BCUT2D eigenvalue weighted by Gasteiger charge is -2.24. The Morgan fingerprint density at radius 3 is 2.78 bits per heavy atom. The molecule has 0 spiro atoms. The van der Waals surface area contributed by atoms with Gasteiger partial charge in [0.15, 0.2) is 5.12 Å². The molecule has 1 aromatic rings. The van der Waals surface area contributed by atoms with E-state index in [-0.39, 0.29) is 22.3 Å². The minimum atomic E-state index is 0.0399. The zero-order valence-electron chi connectivity index (χ0n) is 10.5. The normalized spacial score (nSPS) is 21.1. The Morgan fingerprint density at radius 2 is 2.17 bits per heavy atom. The number of rotatable bonds is 3. The summed E-state index contributed by atoms with van der Waals surface area (Å²) in [5.41, 5.74) is 1.08. The van der Waals surface area contributed by atoms with E-state index in [1.165, 1.54) is 11.8 Å². The topological polar surface area (TPSA) is 50.3 Å². The Balaban J connectivity index is 2.06. The van der Waals surface area contributed by atoms with Crippen LogP contribution in [0.15, 0.2) is 24.5 Å². The highest BCUT2D eigenvalue weighted by Gasteiger charge is 2.34. The van der Waals surface area contributed by atoms with Crippen LogP contribution in [0.3, 0.4) is 0 Å². The molecule has 96 valence electrons. The fraction of sp³-hybridized carbons (Fsp3) is 0.462. The van der Waals surface area contributed by atoms with Crippen molar-refractivity contribution < 1.29 is 9.59 Å². The van der Waals surface area contributed by atoms with Crippen molar-refractivity contribution in [2.75, 3.05) is 6.54 Å². The highest BCUT2D eigenvalue weighted by Crippen LogP contribution is 2.30. The predicted molar refractivity (Wildman–Crippen MR) is 71.0 cm³/mol. The second-order valence-corrected chi connectivity index (χ2v) is 5.92. The third-order valence-electron chi connectivity index (χ3n) is 3.11. The Morgan fingerprint density at radius 1 is 1.50 bits per heavy atom. The van der Waals surface area contributed by atoms with Crippen LogP contribution >= 0.6 is 11.8 Å². The summed E-state index contributed by atoms with van der Waals surface area (Å²) in [6, 6.07) is 3.88. The van der Waals surface area contributed by atoms with Crippen LogP contribution < -0.4 is 0 Å². The molecule has 2 rings (SSSR count). The van der Waals surface area contributed by atoms with Gasteiger partial charge in [0.25, 0.3) is 0 Å². The lowest BCUT2D eigenvalue weighted by Crippen LogP contribution is -2.28. The number of hydrogen-bond donors (Lipinski definition) is 0. The van der Waals surface area contributed by atoms with E-state index in [0.29, 0.717) is 13.0 Å². The maximum atomic E-state index is 12.0. The first-order valence-electron chi connectivity index (χ1n) is 5.94. The van der Waals surface area contributed by atoms with Crippen molar-refractivity contribution in [3.05, 3.63) is 30.1 Å². The number of likely N-dealkylation sites (tertiary alicyclic amines) is 1. The molecule has 0 bridgehead atoms. The summed E-state index contributed by atoms with van der Waals surface area (Å²) in [6.45, 7) is 4.20. The minimum Gasteiger partial charge on any atom is -0.335 e. The molecule has 0 radical (unpaired) electrons. The maximum absolute atomic E-state index is 12.0. The molecule has 1 saturated heterocycles. The molecule has 2 unspecified atom stereocenters. The molecule has 2 atom stereocenters. The molecule has 2 heterocycles. The molecule has 0 saturated carbocycles. The summed E-state index contributed by atoms with van der Waals surface area (Å²) in [4.78, 5) is 28.9. The van der Waals surface area contributed by atoms with Crippen molar-refractivity contribution in [2.24, 2.45) is 0 Å². The van der Waals surface area contributed by atoms with E-state index >= 15 is 0 Å². The SMILES string of the molecule is CC(=O)SC1CC(=O)N(C(C)c2ccncc2)C1. The zero-order valence-corrected chi connectivity index (χ0v) is 11.3. The summed E-state index contributed by atoms with van der Waals surface area (Å²) < 4.78 is 0. The van der Waals surface area contributed by atoms with E-state index < -0.39 is 0 Å². The first-order chi connectivity index (χ1) is 8.58. The van der Waals surface area contributed by atoms with Crippen LogP contribution in [0.1, 0.15) is 31.9 Å². The Labute approximate surface area is 111 Å². The first kappa shape index (κ1) is 13.1. The molecule has 1 aliphatic heterocycles. The average molecular weight is 264 g/mol. The smallest absolute Gasteiger partial charge is 0.224 e. The van der Waals surface area contributed by atoms with Crippen LogP contribution in [0, 0.1) is 0 Å². The number of nitrogens with zero attached hydrogens (tertiary/aromatic N) is 2. The van der Waals surface area contributed by atoms with E-state index in [1.54, 1.807) is 19.3 Å². The molecule has 1 fully saturated rings. The van der Waals surface area contributed by atoms with Crippen LogP contribution in [0.2, 0.25) is 0 Å². The standard InChI is InChI=1S/C13H16N2O2S/c1-9(11-3-5-14-6-4-11)15-8-12(7-13(15)17)18-10(2)16/h3-6,9,12H,7-8H2,1-2H3. The molecule has 1 amide bonds. The van der Waals surface area contributed by atoms with Crippen molar-refractivity contribution in [1.82, 2.24) is 9.88 Å². The van der Waals surface area contributed by atoms with Crippen molar-refractivity contribution in [2.45, 2.75) is 31.6 Å². The second-order valence-electron chi connectivity index (χ2n) is 4.44. The molecule has 18 heavy (non-hydrogen) atoms. The molecule has 1 aromatic heterocycles. The summed E-state index contributed by atoms with van der Waals surface area (Å²) in [6.07, 6.45) is 3.92. The van der Waals surface area contributed by atoms with Crippen molar-refractivity contribution in [3.63, 3.8) is 0 Å². The van der Waals surface area contributed by atoms with Gasteiger partial charge >= 0.3 is 0 Å². The Kier molecular flexibility index (Phi) is 4.01. The van der Waals surface area contributed by atoms with E-state index in [1.807, 2.05) is 24.0 Å². The number of thioether (sulfide) groups is 1. The summed E-state index contributed by atoms with van der Waals surface area (Å²) in [5, 5.41) is 0.172. The van der Waals surface area contributed by atoms with Gasteiger partial charge in [-0.3, -0.25) is 14.6 Å². The van der Waals surface area contributed by atoms with E-state index in [2.05, 4.69) is 4.98 Å². The quantitative estimate of drug-likeness (QED) is 0.838. The summed E-state index contributed by atoms with van der Waals surface area (Å²) >= 11 is 1.27. The third-order valence-corrected chi connectivity index (χ3v) is 4.09. The molecule has 5 heteroatoms. The van der Waals surface area contributed by atoms with Gasteiger partial charge in [-0.25, -0.2) is 0 Å². The van der Waals surface area contributed by atoms with Crippen LogP contribution in [0.25, 0.3) is 0 Å². The Bertz CT molecular complexity index is 450. The highest BCUT2D eigenvalue weighted by atomic mass is 32.2. The molecular weight excluding hydrogens is 248 g/mol. The van der Waals surface area contributed by atoms with E-state index in [9.17, 15) is 9.59 Å². The van der Waals surface area contributed by atoms with Crippen molar-refractivity contribution >= 4 is 22.8 Å². The van der Waals surface area contributed by atoms with Crippen molar-refractivity contribution in [1.29, 1.82) is 0 Å². The number of hydrogen-bond acceptors (Lipinski definition) is 4. The average Bonchev–Trinajstić information content (AvgIpc) is 2.69. The molecule has 0 aliphatic carbocycles. The van der Waals surface area contributed by atoms with Gasteiger partial charge in [0.2, 0.25) is 5.91 Å². The van der Waals surface area contributed by atoms with Gasteiger partial charge in [-0.1, -0.05) is 11.8 Å². The second kappa shape index (κ2) is 5.52. The number of pyridine rings is 1. The Hall–Kier alpha value is -1.36. The molecule has 0 aromatic carbocycles. The predicted octanol–water partition coefficient (Wildman–Crippen LogP) is 2.02. The number of aromatic nitrogens is 1. The monoisotopic (exact) mass is 264 g/mol. The van der Waals surface area contributed by atoms with Gasteiger partial charge in [0.05, 0.1) is 6.04 Å². The van der Waals surface area contributed by atoms with Crippen LogP contribution in [-0.4, -0.2) is 32.7 Å². The van der Waals surface area contributed by atoms with Gasteiger partial charge in [-0.15, -0.1) is 0 Å². The van der Waals surface area contributed by atoms with Crippen LogP contribution in [-0.2, 0) is 9.59 Å². The van der Waals surface area contributed by atoms with Crippen LogP contribution in [0.4, 0.5) is 0 Å². The first-order valence-corrected chi connectivity index (χ1v) is 6.82. The molecular formula is C13H16N2O2S. The maximum Gasteiger partial charge on any atom is 0.224 e. The van der Waals surface area contributed by atoms with Crippen LogP contribution in [0.5, 0.6) is 0 Å². The van der Waals surface area contributed by atoms with Crippen molar-refractivity contribution in [3.8, 4) is 0 Å². The lowest BCUT2D eigenvalue weighted by molar-refractivity contribution is -0.129. The number of carbonyl (C=O) groups excluding carboxylic acids is 2. The molecule has 1 aliphatic rings. The minimum absolute atomic E-state index is 0.0399. The highest BCUT2D eigenvalue weighted by molar-refractivity contribution is 8.14. The van der Waals surface area contributed by atoms with E-state index in [4.69, 9.17) is 0 Å². The largest absolute Gasteiger partial charge is 0.335 e. The summed E-state index contributed by atoms with van der Waals surface area (Å²) in [7, 11) is 0. The molecule has 0 N–H and O–H groups in total. The molecule has 4 nitrogen and oxygen atoms in total. The van der Waals surface area contributed by atoms with Gasteiger partial charge in [0.1, 0.15) is 0 Å². The van der Waals surface area contributed by atoms with Gasteiger partial charge < -0.3 is 4.90 Å². The fourth-order valence-corrected chi connectivity index (χ4v) is 3.14. The summed E-state index contributed by atoms with van der Waals surface area (Å²) in [5.74, 6) is 0.123. The third kappa shape index (κ3) is 2.90. The zero-order chi connectivity index (χ0) is 13.1. The van der Waals surface area contributed by atoms with Gasteiger partial charge in [-0.2, -0.15) is 0 Å². The van der Waals surface area contributed by atoms with Gasteiger partial charge in [-0.05, 0) is 24.6 Å². The lowest BCUT2D eigenvalue weighted by atomic mass is 10.1. The fourth-order valence-electron chi connectivity index (χ4n) is 2.21.